The largest absolute Gasteiger partial charge is 0.381 e. The Hall–Kier alpha value is -2.36. The normalized spacial score (nSPS) is 15.4. The highest BCUT2D eigenvalue weighted by atomic mass is 16.2. The lowest BCUT2D eigenvalue weighted by atomic mass is 10.1. The zero-order valence-electron chi connectivity index (χ0n) is 14.9. The maximum atomic E-state index is 12.9. The number of hydrogen-bond donors (Lipinski definition) is 1. The molecule has 0 aliphatic heterocycles. The number of carbonyl (C=O) groups excluding carboxylic acids is 1. The van der Waals surface area contributed by atoms with Crippen molar-refractivity contribution in [2.75, 3.05) is 16.8 Å². The number of amides is 1. The highest BCUT2D eigenvalue weighted by molar-refractivity contribution is 6.06. The molecule has 4 nitrogen and oxygen atoms in total. The summed E-state index contributed by atoms with van der Waals surface area (Å²) >= 11 is 0. The standard InChI is InChI=1S/C21H27N3O/c1-2-24(20-12-8-5-9-13-20)21(25)17-14-19(16-22-15-17)23-18-10-6-3-4-7-11-18/h5,8-9,12-16,18,23H,2-4,6-7,10-11H2,1H3. The molecule has 0 saturated heterocycles. The van der Waals surface area contributed by atoms with Crippen LogP contribution in [0.25, 0.3) is 0 Å². The van der Waals surface area contributed by atoms with Crippen LogP contribution in [0.5, 0.6) is 0 Å². The van der Waals surface area contributed by atoms with Crippen LogP contribution in [0.1, 0.15) is 55.8 Å². The molecule has 4 heteroatoms. The number of anilines is 2. The third-order valence-electron chi connectivity index (χ3n) is 4.84. The molecule has 25 heavy (non-hydrogen) atoms. The van der Waals surface area contributed by atoms with Gasteiger partial charge in [-0.1, -0.05) is 43.9 Å². The number of hydrogen-bond acceptors (Lipinski definition) is 3. The second-order valence-corrected chi connectivity index (χ2v) is 6.68. The molecule has 1 aromatic carbocycles. The highest BCUT2D eigenvalue weighted by Crippen LogP contribution is 2.22. The van der Waals surface area contributed by atoms with Crippen LogP contribution in [-0.2, 0) is 0 Å². The van der Waals surface area contributed by atoms with E-state index in [9.17, 15) is 4.79 Å². The summed E-state index contributed by atoms with van der Waals surface area (Å²) in [5, 5.41) is 3.58. The van der Waals surface area contributed by atoms with Crippen LogP contribution in [0.4, 0.5) is 11.4 Å². The summed E-state index contributed by atoms with van der Waals surface area (Å²) in [4.78, 5) is 19.0. The van der Waals surface area contributed by atoms with Gasteiger partial charge in [-0.25, -0.2) is 0 Å². The van der Waals surface area contributed by atoms with Crippen molar-refractivity contribution >= 4 is 17.3 Å². The summed E-state index contributed by atoms with van der Waals surface area (Å²) in [5.74, 6) is -0.00860. The first-order chi connectivity index (χ1) is 12.3. The van der Waals surface area contributed by atoms with Crippen LogP contribution in [0, 0.1) is 0 Å². The van der Waals surface area contributed by atoms with Crippen molar-refractivity contribution in [3.63, 3.8) is 0 Å². The van der Waals surface area contributed by atoms with Crippen LogP contribution < -0.4 is 10.2 Å². The lowest BCUT2D eigenvalue weighted by Gasteiger charge is -2.22. The molecule has 0 radical (unpaired) electrons. The van der Waals surface area contributed by atoms with Gasteiger partial charge in [0.05, 0.1) is 11.3 Å². The van der Waals surface area contributed by atoms with Crippen molar-refractivity contribution in [2.45, 2.75) is 51.5 Å². The zero-order chi connectivity index (χ0) is 17.5. The van der Waals surface area contributed by atoms with E-state index in [1.54, 1.807) is 11.1 Å². The molecule has 1 saturated carbocycles. The average Bonchev–Trinajstić information content (AvgIpc) is 2.92. The van der Waals surface area contributed by atoms with Gasteiger partial charge < -0.3 is 10.2 Å². The molecule has 0 spiro atoms. The summed E-state index contributed by atoms with van der Waals surface area (Å²) in [6.07, 6.45) is 11.1. The predicted molar refractivity (Wildman–Crippen MR) is 103 cm³/mol. The van der Waals surface area contributed by atoms with E-state index in [1.807, 2.05) is 49.5 Å². The van der Waals surface area contributed by atoms with Gasteiger partial charge >= 0.3 is 0 Å². The van der Waals surface area contributed by atoms with Gasteiger partial charge in [-0.3, -0.25) is 9.78 Å². The van der Waals surface area contributed by atoms with Crippen molar-refractivity contribution in [1.82, 2.24) is 4.98 Å². The Balaban J connectivity index is 1.74. The first-order valence-corrected chi connectivity index (χ1v) is 9.36. The summed E-state index contributed by atoms with van der Waals surface area (Å²) in [6.45, 7) is 2.62. The highest BCUT2D eigenvalue weighted by Gasteiger charge is 2.18. The topological polar surface area (TPSA) is 45.2 Å². The number of para-hydroxylation sites is 1. The molecule has 0 unspecified atom stereocenters. The molecule has 0 atom stereocenters. The molecule has 1 aliphatic rings. The molecule has 0 bridgehead atoms. The fraction of sp³-hybridized carbons (Fsp3) is 0.429. The van der Waals surface area contributed by atoms with Gasteiger partial charge in [0, 0.05) is 30.7 Å². The van der Waals surface area contributed by atoms with E-state index < -0.39 is 0 Å². The Bertz CT molecular complexity index is 679. The smallest absolute Gasteiger partial charge is 0.259 e. The van der Waals surface area contributed by atoms with Crippen molar-refractivity contribution in [2.24, 2.45) is 0 Å². The molecule has 3 rings (SSSR count). The molecule has 1 N–H and O–H groups in total. The van der Waals surface area contributed by atoms with Gasteiger partial charge in [-0.2, -0.15) is 0 Å². The molecule has 1 aromatic heterocycles. The molecule has 1 fully saturated rings. The Labute approximate surface area is 150 Å². The van der Waals surface area contributed by atoms with Gasteiger partial charge in [0.25, 0.3) is 5.91 Å². The molecule has 1 amide bonds. The number of nitrogens with zero attached hydrogens (tertiary/aromatic N) is 2. The van der Waals surface area contributed by atoms with E-state index in [2.05, 4.69) is 10.3 Å². The quantitative estimate of drug-likeness (QED) is 0.791. The van der Waals surface area contributed by atoms with E-state index in [0.29, 0.717) is 18.2 Å². The van der Waals surface area contributed by atoms with Gasteiger partial charge in [0.15, 0.2) is 0 Å². The molecule has 1 aliphatic carbocycles. The summed E-state index contributed by atoms with van der Waals surface area (Å²) in [7, 11) is 0. The second kappa shape index (κ2) is 8.65. The maximum Gasteiger partial charge on any atom is 0.259 e. The first kappa shape index (κ1) is 17.5. The van der Waals surface area contributed by atoms with E-state index in [0.717, 1.165) is 11.4 Å². The van der Waals surface area contributed by atoms with Crippen molar-refractivity contribution in [1.29, 1.82) is 0 Å². The number of benzene rings is 1. The van der Waals surface area contributed by atoms with E-state index in [4.69, 9.17) is 0 Å². The average molecular weight is 337 g/mol. The van der Waals surface area contributed by atoms with Gasteiger partial charge in [-0.05, 0) is 38.0 Å². The maximum absolute atomic E-state index is 12.9. The summed E-state index contributed by atoms with van der Waals surface area (Å²) in [6, 6.07) is 12.2. The Morgan fingerprint density at radius 1 is 1.12 bits per heavy atom. The first-order valence-electron chi connectivity index (χ1n) is 9.36. The van der Waals surface area contributed by atoms with E-state index >= 15 is 0 Å². The summed E-state index contributed by atoms with van der Waals surface area (Å²) in [5.41, 5.74) is 2.49. The van der Waals surface area contributed by atoms with Gasteiger partial charge in [0.1, 0.15) is 0 Å². The molecule has 132 valence electrons. The second-order valence-electron chi connectivity index (χ2n) is 6.68. The van der Waals surface area contributed by atoms with Crippen LogP contribution in [-0.4, -0.2) is 23.5 Å². The molecular weight excluding hydrogens is 310 g/mol. The lowest BCUT2D eigenvalue weighted by Crippen LogP contribution is -2.30. The van der Waals surface area contributed by atoms with Crippen molar-refractivity contribution in [3.8, 4) is 0 Å². The molecule has 1 heterocycles. The lowest BCUT2D eigenvalue weighted by molar-refractivity contribution is 0.0988. The van der Waals surface area contributed by atoms with Gasteiger partial charge in [-0.15, -0.1) is 0 Å². The van der Waals surface area contributed by atoms with Crippen LogP contribution >= 0.6 is 0 Å². The Kier molecular flexibility index (Phi) is 6.04. The molecule has 2 aromatic rings. The number of pyridine rings is 1. The minimum atomic E-state index is -0.00860. The number of aromatic nitrogens is 1. The van der Waals surface area contributed by atoms with Crippen molar-refractivity contribution in [3.05, 3.63) is 54.4 Å². The minimum absolute atomic E-state index is 0.00860. The fourth-order valence-electron chi connectivity index (χ4n) is 3.50. The number of nitrogens with one attached hydrogen (secondary N) is 1. The minimum Gasteiger partial charge on any atom is -0.381 e. The van der Waals surface area contributed by atoms with E-state index in [1.165, 1.54) is 38.5 Å². The Morgan fingerprint density at radius 2 is 1.84 bits per heavy atom. The Morgan fingerprint density at radius 3 is 2.52 bits per heavy atom. The zero-order valence-corrected chi connectivity index (χ0v) is 14.9. The van der Waals surface area contributed by atoms with Crippen LogP contribution in [0.3, 0.4) is 0 Å². The number of rotatable bonds is 5. The monoisotopic (exact) mass is 337 g/mol. The van der Waals surface area contributed by atoms with Gasteiger partial charge in [0.2, 0.25) is 0 Å². The number of carbonyl (C=O) groups is 1. The van der Waals surface area contributed by atoms with Crippen LogP contribution in [0.2, 0.25) is 0 Å². The third-order valence-corrected chi connectivity index (χ3v) is 4.84. The third kappa shape index (κ3) is 4.59. The molecular formula is C21H27N3O. The summed E-state index contributed by atoms with van der Waals surface area (Å²) < 4.78 is 0. The van der Waals surface area contributed by atoms with E-state index in [-0.39, 0.29) is 5.91 Å². The fourth-order valence-corrected chi connectivity index (χ4v) is 3.50. The SMILES string of the molecule is CCN(C(=O)c1cncc(NC2CCCCCC2)c1)c1ccccc1. The van der Waals surface area contributed by atoms with Crippen LogP contribution in [0.15, 0.2) is 48.8 Å². The van der Waals surface area contributed by atoms with Crippen molar-refractivity contribution < 1.29 is 4.79 Å². The predicted octanol–water partition coefficient (Wildman–Crippen LogP) is 4.88.